The number of allylic oxidation sites excluding steroid dienone is 1. The van der Waals surface area contributed by atoms with E-state index < -0.39 is 36.7 Å². The highest BCUT2D eigenvalue weighted by molar-refractivity contribution is 4.92. The van der Waals surface area contributed by atoms with Gasteiger partial charge in [0, 0.05) is 6.42 Å². The molecule has 0 radical (unpaired) electrons. The molecule has 0 saturated carbocycles. The van der Waals surface area contributed by atoms with Crippen molar-refractivity contribution in [1.29, 1.82) is 0 Å². The summed E-state index contributed by atoms with van der Waals surface area (Å²) in [6.45, 7) is 2.55. The molecule has 0 bridgehead atoms. The van der Waals surface area contributed by atoms with E-state index in [9.17, 15) is 48.3 Å². The smallest absolute Gasteiger partial charge is 0.262 e. The van der Waals surface area contributed by atoms with Gasteiger partial charge in [0.1, 0.15) is 0 Å². The summed E-state index contributed by atoms with van der Waals surface area (Å²) in [6.07, 6.45) is -22.4. The first kappa shape index (κ1) is 18.9. The fourth-order valence-electron chi connectivity index (χ4n) is 0.828. The van der Waals surface area contributed by atoms with Crippen LogP contribution >= 0.6 is 0 Å². The van der Waals surface area contributed by atoms with E-state index in [1.54, 1.807) is 0 Å². The second-order valence-electron chi connectivity index (χ2n) is 3.41. The van der Waals surface area contributed by atoms with Crippen molar-refractivity contribution in [3.63, 3.8) is 0 Å². The van der Waals surface area contributed by atoms with Gasteiger partial charge < -0.3 is 0 Å². The molecule has 0 N–H and O–H groups in total. The van der Waals surface area contributed by atoms with E-state index in [4.69, 9.17) is 0 Å². The van der Waals surface area contributed by atoms with Crippen molar-refractivity contribution in [3.05, 3.63) is 12.7 Å². The van der Waals surface area contributed by atoms with E-state index in [0.29, 0.717) is 0 Å². The molecule has 12 heteroatoms. The van der Waals surface area contributed by atoms with E-state index in [1.165, 1.54) is 0 Å². The van der Waals surface area contributed by atoms with Crippen molar-refractivity contribution in [2.75, 3.05) is 0 Å². The topological polar surface area (TPSA) is 9.23 Å². The zero-order chi connectivity index (χ0) is 16.6. The predicted octanol–water partition coefficient (Wildman–Crippen LogP) is 4.60. The van der Waals surface area contributed by atoms with Gasteiger partial charge in [-0.1, -0.05) is 6.08 Å². The molecule has 0 aromatic carbocycles. The van der Waals surface area contributed by atoms with Crippen molar-refractivity contribution < 1.29 is 53.0 Å². The molecule has 0 fully saturated rings. The van der Waals surface area contributed by atoms with Crippen LogP contribution in [0.5, 0.6) is 0 Å². The molecule has 0 amide bonds. The minimum Gasteiger partial charge on any atom is -0.262 e. The van der Waals surface area contributed by atoms with Crippen molar-refractivity contribution in [1.82, 2.24) is 0 Å². The van der Waals surface area contributed by atoms with Gasteiger partial charge >= 0.3 is 30.2 Å². The second-order valence-corrected chi connectivity index (χ2v) is 3.41. The van der Waals surface area contributed by atoms with Gasteiger partial charge in [-0.05, 0) is 0 Å². The van der Waals surface area contributed by atoms with Gasteiger partial charge in [-0.3, -0.25) is 4.74 Å². The first-order chi connectivity index (χ1) is 8.52. The second kappa shape index (κ2) is 5.04. The zero-order valence-electron chi connectivity index (χ0n) is 9.06. The van der Waals surface area contributed by atoms with Gasteiger partial charge in [0.2, 0.25) is 0 Å². The first-order valence-corrected chi connectivity index (χ1v) is 4.41. The lowest BCUT2D eigenvalue weighted by Crippen LogP contribution is -2.61. The van der Waals surface area contributed by atoms with Crippen LogP contribution in [0.1, 0.15) is 6.42 Å². The number of hydrogen-bond acceptors (Lipinski definition) is 1. The quantitative estimate of drug-likeness (QED) is 0.530. The summed E-state index contributed by atoms with van der Waals surface area (Å²) in [5, 5.41) is 0. The number of ether oxygens (including phenoxy) is 1. The minimum absolute atomic E-state index is 0.0817. The average Bonchev–Trinajstić information content (AvgIpc) is 2.12. The van der Waals surface area contributed by atoms with Crippen LogP contribution in [0.4, 0.5) is 48.3 Å². The Morgan fingerprint density at radius 1 is 0.750 bits per heavy atom. The predicted molar refractivity (Wildman–Crippen MR) is 41.7 cm³/mol. The Bertz CT molecular complexity index is 338. The van der Waals surface area contributed by atoms with E-state index in [0.717, 1.165) is 0 Å². The van der Waals surface area contributed by atoms with Crippen LogP contribution in [0.25, 0.3) is 0 Å². The monoisotopic (exact) mass is 326 g/mol. The van der Waals surface area contributed by atoms with Crippen LogP contribution in [0.2, 0.25) is 0 Å². The summed E-state index contributed by atoms with van der Waals surface area (Å²) in [5.41, 5.74) is 0. The Kier molecular flexibility index (Phi) is 4.77. The van der Waals surface area contributed by atoms with Gasteiger partial charge in [0.05, 0.1) is 0 Å². The number of hydrogen-bond donors (Lipinski definition) is 0. The van der Waals surface area contributed by atoms with Crippen molar-refractivity contribution in [2.45, 2.75) is 36.7 Å². The molecule has 120 valence electrons. The standard InChI is InChI=1S/C8H5F11O/c1-2-3-4(9,10)8(18,19)20-5(11,6(12,13)14)7(15,16)17/h2H,1,3H2. The van der Waals surface area contributed by atoms with Crippen molar-refractivity contribution in [3.8, 4) is 0 Å². The molecule has 1 nitrogen and oxygen atoms in total. The molecule has 0 aliphatic heterocycles. The minimum atomic E-state index is -7.04. The fourth-order valence-corrected chi connectivity index (χ4v) is 0.828. The van der Waals surface area contributed by atoms with Crippen LogP contribution in [-0.2, 0) is 4.74 Å². The zero-order valence-corrected chi connectivity index (χ0v) is 9.06. The van der Waals surface area contributed by atoms with Crippen molar-refractivity contribution in [2.24, 2.45) is 0 Å². The number of rotatable bonds is 5. The maximum absolute atomic E-state index is 12.8. The molecule has 0 saturated heterocycles. The molecule has 0 aromatic heterocycles. The van der Waals surface area contributed by atoms with Gasteiger partial charge in [-0.25, -0.2) is 0 Å². The SMILES string of the molecule is C=CCC(F)(F)C(F)(F)OC(F)(C(F)(F)F)C(F)(F)F. The van der Waals surface area contributed by atoms with Crippen LogP contribution in [-0.4, -0.2) is 30.2 Å². The highest BCUT2D eigenvalue weighted by Gasteiger charge is 2.79. The van der Waals surface area contributed by atoms with Crippen LogP contribution in [0.15, 0.2) is 12.7 Å². The Hall–Kier alpha value is -1.07. The molecule has 0 aliphatic rings. The van der Waals surface area contributed by atoms with E-state index in [-0.39, 0.29) is 6.08 Å². The Morgan fingerprint density at radius 3 is 1.35 bits per heavy atom. The summed E-state index contributed by atoms with van der Waals surface area (Å²) in [6, 6.07) is 0. The van der Waals surface area contributed by atoms with E-state index in [2.05, 4.69) is 6.58 Å². The maximum atomic E-state index is 12.8. The summed E-state index contributed by atoms with van der Waals surface area (Å²) < 4.78 is 137. The van der Waals surface area contributed by atoms with Gasteiger partial charge in [0.15, 0.2) is 0 Å². The van der Waals surface area contributed by atoms with Gasteiger partial charge in [-0.15, -0.1) is 6.58 Å². The summed E-state index contributed by atoms with van der Waals surface area (Å²) in [5.74, 6) is -12.5. The van der Waals surface area contributed by atoms with Gasteiger partial charge in [0.25, 0.3) is 0 Å². The normalized spacial score (nSPS) is 15.3. The van der Waals surface area contributed by atoms with Crippen LogP contribution in [0.3, 0.4) is 0 Å². The lowest BCUT2D eigenvalue weighted by molar-refractivity contribution is -0.502. The summed E-state index contributed by atoms with van der Waals surface area (Å²) >= 11 is 0. The molecule has 0 heterocycles. The number of alkyl halides is 11. The molecule has 0 aromatic rings. The molecule has 0 unspecified atom stereocenters. The molecule has 0 atom stereocenters. The van der Waals surface area contributed by atoms with E-state index >= 15 is 0 Å². The summed E-state index contributed by atoms with van der Waals surface area (Å²) in [7, 11) is 0. The third-order valence-electron chi connectivity index (χ3n) is 1.82. The Balaban J connectivity index is 5.67. The van der Waals surface area contributed by atoms with Crippen molar-refractivity contribution >= 4 is 0 Å². The third-order valence-corrected chi connectivity index (χ3v) is 1.82. The average molecular weight is 326 g/mol. The molecule has 0 spiro atoms. The number of halogens is 11. The molecular weight excluding hydrogens is 321 g/mol. The lowest BCUT2D eigenvalue weighted by atomic mass is 10.2. The van der Waals surface area contributed by atoms with E-state index in [1.807, 2.05) is 4.74 Å². The van der Waals surface area contributed by atoms with Crippen LogP contribution in [0, 0.1) is 0 Å². The molecule has 0 aliphatic carbocycles. The maximum Gasteiger partial charge on any atom is 0.458 e. The molecule has 0 rings (SSSR count). The Labute approximate surface area is 104 Å². The van der Waals surface area contributed by atoms with Gasteiger partial charge in [-0.2, -0.15) is 48.3 Å². The molecular formula is C8H5F11O. The summed E-state index contributed by atoms with van der Waals surface area (Å²) in [4.78, 5) is 0. The van der Waals surface area contributed by atoms with Crippen LogP contribution < -0.4 is 0 Å². The Morgan fingerprint density at radius 2 is 1.10 bits per heavy atom. The highest BCUT2D eigenvalue weighted by Crippen LogP contribution is 2.52. The first-order valence-electron chi connectivity index (χ1n) is 4.41. The molecule has 20 heavy (non-hydrogen) atoms. The lowest BCUT2D eigenvalue weighted by Gasteiger charge is -2.35. The fraction of sp³-hybridized carbons (Fsp3) is 0.750. The largest absolute Gasteiger partial charge is 0.458 e. The highest BCUT2D eigenvalue weighted by atomic mass is 19.4. The third kappa shape index (κ3) is 3.33.